The van der Waals surface area contributed by atoms with Gasteiger partial charge in [0.2, 0.25) is 5.78 Å². The van der Waals surface area contributed by atoms with E-state index in [0.29, 0.717) is 28.9 Å². The number of ketones is 1. The molecule has 2 aliphatic heterocycles. The number of piperidine rings is 1. The van der Waals surface area contributed by atoms with E-state index in [2.05, 4.69) is 7.05 Å². The number of hydrogen-bond donors (Lipinski definition) is 4. The Kier molecular flexibility index (Phi) is 3.67. The molecular formula is C22H29NO6. The lowest BCUT2D eigenvalue weighted by molar-refractivity contribution is -0.954. The van der Waals surface area contributed by atoms with Gasteiger partial charge in [-0.25, -0.2) is 0 Å². The molecule has 3 aliphatic carbocycles. The summed E-state index contributed by atoms with van der Waals surface area (Å²) in [5, 5.41) is 44.6. The molecule has 3 fully saturated rings. The van der Waals surface area contributed by atoms with Crippen molar-refractivity contribution in [3.05, 3.63) is 30.7 Å². The second-order valence-electron chi connectivity index (χ2n) is 9.89. The van der Waals surface area contributed by atoms with Gasteiger partial charge in [0.15, 0.2) is 17.6 Å². The van der Waals surface area contributed by atoms with Crippen LogP contribution in [0.5, 0.6) is 11.5 Å². The normalized spacial score (nSPS) is 46.6. The Morgan fingerprint density at radius 2 is 2.00 bits per heavy atom. The first-order chi connectivity index (χ1) is 13.2. The lowest BCUT2D eigenvalue weighted by Gasteiger charge is -2.66. The number of quaternary nitrogens is 1. The maximum absolute atomic E-state index is 12.9. The molecule has 1 aromatic rings. The molecule has 2 heterocycles. The second-order valence-corrected chi connectivity index (χ2v) is 9.89. The van der Waals surface area contributed by atoms with Gasteiger partial charge in [-0.15, -0.1) is 0 Å². The number of phenolic OH excluding ortho intramolecular Hbond substituents is 1. The minimum absolute atomic E-state index is 0. The summed E-state index contributed by atoms with van der Waals surface area (Å²) in [7, 11) is 2.08. The Bertz CT molecular complexity index is 915. The zero-order valence-electron chi connectivity index (χ0n) is 16.8. The average Bonchev–Trinajstić information content (AvgIpc) is 3.33. The topological polar surface area (TPSA) is 107 Å². The number of aliphatic hydroxyl groups excluding tert-OH is 2. The van der Waals surface area contributed by atoms with E-state index in [0.717, 1.165) is 12.1 Å². The highest BCUT2D eigenvalue weighted by Gasteiger charge is 2.81. The predicted molar refractivity (Wildman–Crippen MR) is 103 cm³/mol. The Morgan fingerprint density at radius 3 is 2.69 bits per heavy atom. The SMILES string of the molecule is C[N@+]1(CC2CC2)C[C@@H](O)[C@]23c4c5ccc(O)c4O[C@H]2C(=O)C(O)C[C@@]3(O)[C@H]1C5.[CH3-]. The number of aromatic hydroxyl groups is 1. The highest BCUT2D eigenvalue weighted by Crippen LogP contribution is 2.65. The van der Waals surface area contributed by atoms with Gasteiger partial charge in [-0.1, -0.05) is 6.07 Å². The maximum atomic E-state index is 12.9. The quantitative estimate of drug-likeness (QED) is 0.411. The molecule has 7 atom stereocenters. The van der Waals surface area contributed by atoms with Crippen LogP contribution in [0.15, 0.2) is 12.1 Å². The minimum atomic E-state index is -1.49. The van der Waals surface area contributed by atoms with Gasteiger partial charge in [0.05, 0.1) is 13.6 Å². The molecule has 1 unspecified atom stereocenters. The van der Waals surface area contributed by atoms with Gasteiger partial charge in [-0.05, 0) is 24.5 Å². The van der Waals surface area contributed by atoms with E-state index in [9.17, 15) is 25.2 Å². The van der Waals surface area contributed by atoms with E-state index < -0.39 is 35.1 Å². The van der Waals surface area contributed by atoms with Crippen molar-refractivity contribution in [1.82, 2.24) is 0 Å². The summed E-state index contributed by atoms with van der Waals surface area (Å²) in [6.45, 7) is 1.29. The van der Waals surface area contributed by atoms with Crippen LogP contribution in [0, 0.1) is 13.3 Å². The van der Waals surface area contributed by atoms with Crippen LogP contribution in [-0.2, 0) is 16.6 Å². The summed E-state index contributed by atoms with van der Waals surface area (Å²) in [6.07, 6.45) is -0.752. The third-order valence-corrected chi connectivity index (χ3v) is 8.30. The number of benzene rings is 1. The summed E-state index contributed by atoms with van der Waals surface area (Å²) in [4.78, 5) is 12.9. The summed E-state index contributed by atoms with van der Waals surface area (Å²) in [5.41, 5.74) is -1.34. The van der Waals surface area contributed by atoms with Crippen LogP contribution in [0.2, 0.25) is 0 Å². The molecule has 7 heteroatoms. The highest BCUT2D eigenvalue weighted by atomic mass is 16.5. The number of ether oxygens (including phenoxy) is 1. The van der Waals surface area contributed by atoms with E-state index in [-0.39, 0.29) is 31.4 Å². The number of hydrogen-bond acceptors (Lipinski definition) is 6. The molecule has 2 saturated carbocycles. The molecule has 7 nitrogen and oxygen atoms in total. The molecule has 5 aliphatic rings. The molecule has 0 aromatic heterocycles. The van der Waals surface area contributed by atoms with Crippen LogP contribution >= 0.6 is 0 Å². The number of rotatable bonds is 2. The van der Waals surface area contributed by atoms with Crippen LogP contribution in [0.1, 0.15) is 30.4 Å². The van der Waals surface area contributed by atoms with Gasteiger partial charge in [-0.2, -0.15) is 0 Å². The Morgan fingerprint density at radius 1 is 1.28 bits per heavy atom. The van der Waals surface area contributed by atoms with Crippen molar-refractivity contribution >= 4 is 5.78 Å². The van der Waals surface area contributed by atoms with E-state index in [1.54, 1.807) is 6.07 Å². The molecule has 0 amide bonds. The van der Waals surface area contributed by atoms with Gasteiger partial charge < -0.3 is 37.1 Å². The Labute approximate surface area is 170 Å². The standard InChI is InChI=1S/C21H25NO6.CH3/c1-22(8-10-2-3-10)9-15(25)21-16-11-4-5-12(23)18(16)28-19(21)17(26)13(24)7-20(21,27)14(22)6-11;/h4-5,10,13-15,19,24-25,27H,2-3,6-9H2,1H3;1H3/q;-1/p+1/t13?,14-,15-,19+,20-,21+,22+;/m1./s1. The van der Waals surface area contributed by atoms with Crippen LogP contribution in [0.4, 0.5) is 0 Å². The van der Waals surface area contributed by atoms with Crippen LogP contribution in [0.25, 0.3) is 0 Å². The van der Waals surface area contributed by atoms with Crippen molar-refractivity contribution in [1.29, 1.82) is 0 Å². The number of carbonyl (C=O) groups excluding carboxylic acids is 1. The van der Waals surface area contributed by atoms with Crippen LogP contribution < -0.4 is 4.74 Å². The largest absolute Gasteiger partial charge is 0.504 e. The molecule has 29 heavy (non-hydrogen) atoms. The maximum Gasteiger partial charge on any atom is 0.202 e. The smallest absolute Gasteiger partial charge is 0.202 e. The van der Waals surface area contributed by atoms with Gasteiger partial charge in [-0.3, -0.25) is 4.79 Å². The Hall–Kier alpha value is -1.67. The first-order valence-electron chi connectivity index (χ1n) is 10.2. The van der Waals surface area contributed by atoms with Gasteiger partial charge in [0.25, 0.3) is 0 Å². The van der Waals surface area contributed by atoms with Crippen LogP contribution in [0.3, 0.4) is 0 Å². The molecule has 1 aromatic carbocycles. The number of phenols is 1. The zero-order valence-corrected chi connectivity index (χ0v) is 16.8. The summed E-state index contributed by atoms with van der Waals surface area (Å²) in [6, 6.07) is 3.12. The molecule has 1 spiro atoms. The van der Waals surface area contributed by atoms with Crippen molar-refractivity contribution in [2.24, 2.45) is 5.92 Å². The van der Waals surface area contributed by atoms with Crippen molar-refractivity contribution in [3.63, 3.8) is 0 Å². The van der Waals surface area contributed by atoms with Crippen molar-refractivity contribution < 1.29 is 34.4 Å². The van der Waals surface area contributed by atoms with E-state index in [4.69, 9.17) is 4.74 Å². The number of nitrogens with zero attached hydrogens (tertiary/aromatic N) is 1. The third-order valence-electron chi connectivity index (χ3n) is 8.30. The molecular weight excluding hydrogens is 374 g/mol. The number of likely N-dealkylation sites (tertiary alicyclic amines) is 1. The lowest BCUT2D eigenvalue weighted by atomic mass is 9.47. The van der Waals surface area contributed by atoms with E-state index in [1.807, 2.05) is 6.07 Å². The summed E-state index contributed by atoms with van der Waals surface area (Å²) in [5.74, 6) is 0.152. The van der Waals surface area contributed by atoms with Crippen molar-refractivity contribution in [3.8, 4) is 11.5 Å². The first kappa shape index (κ1) is 19.3. The molecule has 6 rings (SSSR count). The fourth-order valence-electron chi connectivity index (χ4n) is 7.08. The van der Waals surface area contributed by atoms with Crippen molar-refractivity contribution in [2.45, 2.75) is 61.1 Å². The highest BCUT2D eigenvalue weighted by molar-refractivity contribution is 5.93. The summed E-state index contributed by atoms with van der Waals surface area (Å²) >= 11 is 0. The predicted octanol–water partition coefficient (Wildman–Crippen LogP) is 0.0619. The van der Waals surface area contributed by atoms with Gasteiger partial charge in [0, 0.05) is 24.3 Å². The fraction of sp³-hybridized carbons (Fsp3) is 0.636. The number of Topliss-reactive ketones (excluding diaryl/α,β-unsaturated/α-hetero) is 1. The number of likely N-dealkylation sites (N-methyl/N-ethyl adjacent to an activating group) is 1. The van der Waals surface area contributed by atoms with E-state index in [1.165, 1.54) is 12.8 Å². The van der Waals surface area contributed by atoms with Gasteiger partial charge >= 0.3 is 0 Å². The lowest BCUT2D eigenvalue weighted by Crippen LogP contribution is -2.86. The first-order valence-corrected chi connectivity index (χ1v) is 10.2. The van der Waals surface area contributed by atoms with E-state index >= 15 is 0 Å². The zero-order chi connectivity index (χ0) is 19.6. The van der Waals surface area contributed by atoms with Crippen LogP contribution in [-0.4, -0.2) is 80.8 Å². The monoisotopic (exact) mass is 403 g/mol. The molecule has 4 N–H and O–H groups in total. The Balaban J connectivity index is 0.00000181. The fourth-order valence-corrected chi connectivity index (χ4v) is 7.08. The number of carbonyl (C=O) groups is 1. The molecule has 2 bridgehead atoms. The minimum Gasteiger partial charge on any atom is -0.504 e. The second kappa shape index (κ2) is 5.52. The molecule has 158 valence electrons. The average molecular weight is 403 g/mol. The number of aliphatic hydroxyl groups is 3. The third kappa shape index (κ3) is 2.00. The van der Waals surface area contributed by atoms with Gasteiger partial charge in [0.1, 0.15) is 35.8 Å². The summed E-state index contributed by atoms with van der Waals surface area (Å²) < 4.78 is 6.42. The molecule has 0 radical (unpaired) electrons. The molecule has 1 saturated heterocycles. The van der Waals surface area contributed by atoms with Crippen molar-refractivity contribution in [2.75, 3.05) is 20.1 Å².